The van der Waals surface area contributed by atoms with Gasteiger partial charge in [0.1, 0.15) is 6.10 Å². The van der Waals surface area contributed by atoms with Crippen LogP contribution in [0.25, 0.3) is 0 Å². The van der Waals surface area contributed by atoms with Gasteiger partial charge < -0.3 is 4.74 Å². The van der Waals surface area contributed by atoms with Gasteiger partial charge in [-0.25, -0.2) is 0 Å². The number of nitro groups is 1. The van der Waals surface area contributed by atoms with Gasteiger partial charge in [0, 0.05) is 34.4 Å². The Kier molecular flexibility index (Phi) is 4.02. The maximum atomic E-state index is 11.1. The van der Waals surface area contributed by atoms with Crippen molar-refractivity contribution >= 4 is 28.9 Å². The van der Waals surface area contributed by atoms with E-state index in [1.807, 2.05) is 0 Å². The van der Waals surface area contributed by atoms with Crippen LogP contribution in [0, 0.1) is 15.5 Å². The van der Waals surface area contributed by atoms with Crippen LogP contribution in [0.4, 0.5) is 5.69 Å². The lowest BCUT2D eigenvalue weighted by atomic mass is 9.58. The van der Waals surface area contributed by atoms with Gasteiger partial charge in [-0.15, -0.1) is 11.6 Å². The second-order valence-electron chi connectivity index (χ2n) is 5.97. The molecule has 0 aliphatic heterocycles. The van der Waals surface area contributed by atoms with Crippen molar-refractivity contribution < 1.29 is 9.66 Å². The molecule has 2 fully saturated rings. The van der Waals surface area contributed by atoms with Crippen LogP contribution in [0.15, 0.2) is 18.2 Å². The highest BCUT2D eigenvalue weighted by molar-refractivity contribution is 6.30. The van der Waals surface area contributed by atoms with Crippen LogP contribution in [-0.2, 0) is 0 Å². The Morgan fingerprint density at radius 2 is 2.00 bits per heavy atom. The highest BCUT2D eigenvalue weighted by Gasteiger charge is 2.56. The normalized spacial score (nSPS) is 27.1. The molecule has 0 radical (unpaired) electrons. The second-order valence-corrected chi connectivity index (χ2v) is 6.94. The van der Waals surface area contributed by atoms with Crippen LogP contribution < -0.4 is 4.74 Å². The molecule has 1 aromatic rings. The Morgan fingerprint density at radius 3 is 2.62 bits per heavy atom. The number of halogens is 2. The van der Waals surface area contributed by atoms with Crippen molar-refractivity contribution in [3.63, 3.8) is 0 Å². The Balaban J connectivity index is 1.84. The van der Waals surface area contributed by atoms with Crippen molar-refractivity contribution in [1.29, 1.82) is 0 Å². The van der Waals surface area contributed by atoms with Gasteiger partial charge in [-0.2, -0.15) is 0 Å². The summed E-state index contributed by atoms with van der Waals surface area (Å²) in [5.74, 6) is 0.256. The molecule has 0 saturated heterocycles. The molecular formula is C15H17Cl2NO3. The summed E-state index contributed by atoms with van der Waals surface area (Å²) < 4.78 is 5.98. The van der Waals surface area contributed by atoms with E-state index in [-0.39, 0.29) is 28.3 Å². The van der Waals surface area contributed by atoms with Crippen molar-refractivity contribution in [2.45, 2.75) is 50.0 Å². The molecule has 1 spiro atoms. The third-order valence-electron chi connectivity index (χ3n) is 4.86. The van der Waals surface area contributed by atoms with Gasteiger partial charge in [-0.3, -0.25) is 10.1 Å². The molecule has 114 valence electrons. The van der Waals surface area contributed by atoms with Gasteiger partial charge in [0.05, 0.1) is 4.92 Å². The van der Waals surface area contributed by atoms with Crippen LogP contribution in [-0.4, -0.2) is 16.4 Å². The number of nitro benzene ring substituents is 1. The summed E-state index contributed by atoms with van der Waals surface area (Å²) in [5, 5.41) is 11.7. The molecule has 2 aliphatic carbocycles. The van der Waals surface area contributed by atoms with Crippen molar-refractivity contribution in [1.82, 2.24) is 0 Å². The van der Waals surface area contributed by atoms with E-state index in [2.05, 4.69) is 0 Å². The van der Waals surface area contributed by atoms with Crippen LogP contribution in [0.3, 0.4) is 0 Å². The highest BCUT2D eigenvalue weighted by atomic mass is 35.5. The van der Waals surface area contributed by atoms with Crippen molar-refractivity contribution in [3.8, 4) is 5.75 Å². The predicted octanol–water partition coefficient (Wildman–Crippen LogP) is 4.96. The molecule has 0 heterocycles. The minimum atomic E-state index is -0.434. The fraction of sp³-hybridized carbons (Fsp3) is 0.600. The minimum Gasteiger partial charge on any atom is -0.483 e. The van der Waals surface area contributed by atoms with Crippen LogP contribution in [0.2, 0.25) is 5.02 Å². The van der Waals surface area contributed by atoms with E-state index >= 15 is 0 Å². The summed E-state index contributed by atoms with van der Waals surface area (Å²) in [4.78, 5) is 10.7. The Hall–Kier alpha value is -1.00. The third-order valence-corrected chi connectivity index (χ3v) is 5.71. The van der Waals surface area contributed by atoms with Crippen LogP contribution >= 0.6 is 23.2 Å². The lowest BCUT2D eigenvalue weighted by Gasteiger charge is -2.54. The molecule has 0 aromatic heterocycles. The summed E-state index contributed by atoms with van der Waals surface area (Å²) in [6.45, 7) is 0. The zero-order valence-electron chi connectivity index (χ0n) is 11.6. The summed E-state index contributed by atoms with van der Waals surface area (Å²) in [5.41, 5.74) is -0.0564. The van der Waals surface area contributed by atoms with Gasteiger partial charge in [0.15, 0.2) is 5.75 Å². The summed E-state index contributed by atoms with van der Waals surface area (Å²) in [6, 6.07) is 4.42. The predicted molar refractivity (Wildman–Crippen MR) is 82.3 cm³/mol. The molecule has 0 N–H and O–H groups in total. The minimum absolute atomic E-state index is 0.0179. The quantitative estimate of drug-likeness (QED) is 0.447. The van der Waals surface area contributed by atoms with E-state index in [4.69, 9.17) is 27.9 Å². The Morgan fingerprint density at radius 1 is 1.29 bits per heavy atom. The zero-order valence-corrected chi connectivity index (χ0v) is 13.1. The first-order valence-corrected chi connectivity index (χ1v) is 8.09. The molecule has 2 unspecified atom stereocenters. The Labute approximate surface area is 133 Å². The number of nitrogens with zero attached hydrogens (tertiary/aromatic N) is 1. The average Bonchev–Trinajstić information content (AvgIpc) is 2.47. The number of benzene rings is 1. The molecule has 1 aromatic carbocycles. The zero-order chi connectivity index (χ0) is 15.0. The van der Waals surface area contributed by atoms with Gasteiger partial charge >= 0.3 is 5.69 Å². The first-order valence-electron chi connectivity index (χ1n) is 7.27. The first-order chi connectivity index (χ1) is 10.0. The molecule has 21 heavy (non-hydrogen) atoms. The van der Waals surface area contributed by atoms with E-state index in [9.17, 15) is 10.1 Å². The van der Waals surface area contributed by atoms with E-state index in [1.54, 1.807) is 0 Å². The van der Waals surface area contributed by atoms with E-state index in [0.717, 1.165) is 32.1 Å². The molecule has 0 bridgehead atoms. The van der Waals surface area contributed by atoms with E-state index in [0.29, 0.717) is 5.02 Å². The molecule has 0 amide bonds. The standard InChI is InChI=1S/C15H17Cl2NO3/c16-10-4-5-11(18(19)20)12(8-10)21-14-9-13(17)15(14)6-2-1-3-7-15/h4-5,8,13-14H,1-3,6-7,9H2. The molecule has 4 nitrogen and oxygen atoms in total. The van der Waals surface area contributed by atoms with Gasteiger partial charge in [0.25, 0.3) is 0 Å². The lowest BCUT2D eigenvalue weighted by molar-refractivity contribution is -0.386. The number of ether oxygens (including phenoxy) is 1. The number of rotatable bonds is 3. The molecule has 2 atom stereocenters. The number of alkyl halides is 1. The van der Waals surface area contributed by atoms with Gasteiger partial charge in [-0.1, -0.05) is 30.9 Å². The largest absolute Gasteiger partial charge is 0.483 e. The molecule has 2 aliphatic rings. The maximum Gasteiger partial charge on any atom is 0.311 e. The monoisotopic (exact) mass is 329 g/mol. The van der Waals surface area contributed by atoms with Crippen molar-refractivity contribution in [2.75, 3.05) is 0 Å². The third kappa shape index (κ3) is 2.59. The second kappa shape index (κ2) is 5.65. The van der Waals surface area contributed by atoms with Crippen molar-refractivity contribution in [2.24, 2.45) is 5.41 Å². The number of hydrogen-bond acceptors (Lipinski definition) is 3. The summed E-state index contributed by atoms with van der Waals surface area (Å²) in [6.07, 6.45) is 6.32. The van der Waals surface area contributed by atoms with Gasteiger partial charge in [-0.05, 0) is 18.9 Å². The summed E-state index contributed by atoms with van der Waals surface area (Å²) in [7, 11) is 0. The first kappa shape index (κ1) is 14.9. The van der Waals surface area contributed by atoms with E-state index in [1.165, 1.54) is 24.6 Å². The topological polar surface area (TPSA) is 52.4 Å². The molecule has 6 heteroatoms. The maximum absolute atomic E-state index is 11.1. The number of hydrogen-bond donors (Lipinski definition) is 0. The lowest BCUT2D eigenvalue weighted by Crippen LogP contribution is -2.58. The van der Waals surface area contributed by atoms with Crippen LogP contribution in [0.5, 0.6) is 5.75 Å². The Bertz CT molecular complexity index is 558. The van der Waals surface area contributed by atoms with Gasteiger partial charge in [0.2, 0.25) is 0 Å². The highest BCUT2D eigenvalue weighted by Crippen LogP contribution is 2.56. The molecule has 2 saturated carbocycles. The SMILES string of the molecule is O=[N+]([O-])c1ccc(Cl)cc1OC1CC(Cl)C12CCCCC2. The van der Waals surface area contributed by atoms with Crippen molar-refractivity contribution in [3.05, 3.63) is 33.3 Å². The molecular weight excluding hydrogens is 313 g/mol. The van der Waals surface area contributed by atoms with E-state index < -0.39 is 4.92 Å². The molecule has 3 rings (SSSR count). The average molecular weight is 330 g/mol. The fourth-order valence-electron chi connectivity index (χ4n) is 3.60. The van der Waals surface area contributed by atoms with Crippen LogP contribution in [0.1, 0.15) is 38.5 Å². The fourth-order valence-corrected chi connectivity index (χ4v) is 4.28. The smallest absolute Gasteiger partial charge is 0.311 e. The summed E-state index contributed by atoms with van der Waals surface area (Å²) >= 11 is 12.4.